The molecule has 0 spiro atoms. The van der Waals surface area contributed by atoms with Gasteiger partial charge in [0.1, 0.15) is 0 Å². The van der Waals surface area contributed by atoms with E-state index in [0.717, 1.165) is 24.0 Å². The lowest BCUT2D eigenvalue weighted by Gasteiger charge is -2.24. The Kier molecular flexibility index (Phi) is 9.41. The van der Waals surface area contributed by atoms with Gasteiger partial charge in [-0.05, 0) is 53.3 Å². The van der Waals surface area contributed by atoms with Crippen molar-refractivity contribution in [2.24, 2.45) is 0 Å². The number of hydrogen-bond acceptors (Lipinski definition) is 5. The van der Waals surface area contributed by atoms with Crippen molar-refractivity contribution >= 4 is 11.9 Å². The van der Waals surface area contributed by atoms with Crippen LogP contribution in [0, 0.1) is 0 Å². The molecule has 7 nitrogen and oxygen atoms in total. The SMILES string of the molecule is COc1cc(C(=O)N(CCCc2ccccc2)Cc2ccc(-c3ccccc3C(=O)O)cc2)cc(OC)c1OC. The second-order valence-electron chi connectivity index (χ2n) is 9.28. The minimum Gasteiger partial charge on any atom is -0.493 e. The Balaban J connectivity index is 1.60. The van der Waals surface area contributed by atoms with Crippen LogP contribution in [0.3, 0.4) is 0 Å². The first kappa shape index (κ1) is 28.2. The van der Waals surface area contributed by atoms with E-state index in [2.05, 4.69) is 12.1 Å². The first-order valence-corrected chi connectivity index (χ1v) is 13.0. The molecule has 0 aliphatic carbocycles. The van der Waals surface area contributed by atoms with E-state index in [1.165, 1.54) is 26.9 Å². The molecule has 0 atom stereocenters. The van der Waals surface area contributed by atoms with Crippen molar-refractivity contribution in [3.05, 3.63) is 113 Å². The van der Waals surface area contributed by atoms with Crippen molar-refractivity contribution in [2.45, 2.75) is 19.4 Å². The molecule has 0 heterocycles. The average Bonchev–Trinajstić information content (AvgIpc) is 3.00. The molecule has 4 aromatic carbocycles. The quantitative estimate of drug-likeness (QED) is 0.226. The molecule has 206 valence electrons. The Morgan fingerprint density at radius 2 is 1.38 bits per heavy atom. The molecule has 40 heavy (non-hydrogen) atoms. The minimum atomic E-state index is -0.972. The predicted molar refractivity (Wildman–Crippen MR) is 154 cm³/mol. The summed E-state index contributed by atoms with van der Waals surface area (Å²) in [5.74, 6) is 0.119. The first-order chi connectivity index (χ1) is 19.4. The number of ether oxygens (including phenoxy) is 3. The molecule has 0 bridgehead atoms. The second kappa shape index (κ2) is 13.3. The van der Waals surface area contributed by atoms with Crippen LogP contribution in [0.5, 0.6) is 17.2 Å². The standard InChI is InChI=1S/C33H33NO6/c1-38-29-20-26(21-30(39-2)31(29)40-3)32(35)34(19-9-12-23-10-5-4-6-11-23)22-24-15-17-25(18-16-24)27-13-7-8-14-28(27)33(36)37/h4-8,10-11,13-18,20-21H,9,12,19,22H2,1-3H3,(H,36,37). The third-order valence-electron chi connectivity index (χ3n) is 6.73. The highest BCUT2D eigenvalue weighted by Crippen LogP contribution is 2.38. The summed E-state index contributed by atoms with van der Waals surface area (Å²) >= 11 is 0. The number of amides is 1. The molecular weight excluding hydrogens is 506 g/mol. The lowest BCUT2D eigenvalue weighted by atomic mass is 9.98. The van der Waals surface area contributed by atoms with Crippen LogP contribution in [-0.2, 0) is 13.0 Å². The molecule has 0 aliphatic heterocycles. The van der Waals surface area contributed by atoms with Crippen LogP contribution in [0.2, 0.25) is 0 Å². The maximum absolute atomic E-state index is 13.8. The minimum absolute atomic E-state index is 0.160. The summed E-state index contributed by atoms with van der Waals surface area (Å²) in [6.07, 6.45) is 1.62. The summed E-state index contributed by atoms with van der Waals surface area (Å²) in [4.78, 5) is 27.3. The number of benzene rings is 4. The van der Waals surface area contributed by atoms with E-state index in [9.17, 15) is 14.7 Å². The fourth-order valence-corrected chi connectivity index (χ4v) is 4.69. The van der Waals surface area contributed by atoms with Gasteiger partial charge in [-0.2, -0.15) is 0 Å². The summed E-state index contributed by atoms with van der Waals surface area (Å²) in [7, 11) is 4.57. The lowest BCUT2D eigenvalue weighted by Crippen LogP contribution is -2.32. The number of carbonyl (C=O) groups is 2. The largest absolute Gasteiger partial charge is 0.493 e. The Bertz CT molecular complexity index is 1420. The molecule has 4 rings (SSSR count). The Morgan fingerprint density at radius 3 is 1.98 bits per heavy atom. The zero-order valence-electron chi connectivity index (χ0n) is 22.9. The van der Waals surface area contributed by atoms with E-state index in [4.69, 9.17) is 14.2 Å². The number of rotatable bonds is 12. The maximum Gasteiger partial charge on any atom is 0.336 e. The summed E-state index contributed by atoms with van der Waals surface area (Å²) < 4.78 is 16.4. The smallest absolute Gasteiger partial charge is 0.336 e. The van der Waals surface area contributed by atoms with Gasteiger partial charge >= 0.3 is 5.97 Å². The third kappa shape index (κ3) is 6.61. The van der Waals surface area contributed by atoms with Crippen LogP contribution in [0.25, 0.3) is 11.1 Å². The van der Waals surface area contributed by atoms with Gasteiger partial charge < -0.3 is 24.2 Å². The molecule has 4 aromatic rings. The van der Waals surface area contributed by atoms with E-state index >= 15 is 0 Å². The van der Waals surface area contributed by atoms with Crippen molar-refractivity contribution < 1.29 is 28.9 Å². The first-order valence-electron chi connectivity index (χ1n) is 13.0. The zero-order chi connectivity index (χ0) is 28.5. The van der Waals surface area contributed by atoms with E-state index in [-0.39, 0.29) is 11.5 Å². The Morgan fingerprint density at radius 1 is 0.750 bits per heavy atom. The van der Waals surface area contributed by atoms with Gasteiger partial charge in [0.2, 0.25) is 5.75 Å². The van der Waals surface area contributed by atoms with E-state index in [0.29, 0.717) is 41.5 Å². The molecule has 0 aromatic heterocycles. The number of carbonyl (C=O) groups excluding carboxylic acids is 1. The van der Waals surface area contributed by atoms with Crippen LogP contribution in [0.15, 0.2) is 91.0 Å². The van der Waals surface area contributed by atoms with Crippen molar-refractivity contribution in [2.75, 3.05) is 27.9 Å². The van der Waals surface area contributed by atoms with Gasteiger partial charge in [-0.15, -0.1) is 0 Å². The molecule has 1 N–H and O–H groups in total. The van der Waals surface area contributed by atoms with Crippen molar-refractivity contribution in [3.8, 4) is 28.4 Å². The Hall–Kier alpha value is -4.78. The van der Waals surface area contributed by atoms with Crippen LogP contribution in [0.1, 0.15) is 38.3 Å². The van der Waals surface area contributed by atoms with Gasteiger partial charge in [0.25, 0.3) is 5.91 Å². The zero-order valence-corrected chi connectivity index (χ0v) is 22.9. The number of hydrogen-bond donors (Lipinski definition) is 1. The van der Waals surface area contributed by atoms with Gasteiger partial charge in [0.15, 0.2) is 11.5 Å². The van der Waals surface area contributed by atoms with Crippen molar-refractivity contribution in [3.63, 3.8) is 0 Å². The monoisotopic (exact) mass is 539 g/mol. The topological polar surface area (TPSA) is 85.3 Å². The van der Waals surface area contributed by atoms with E-state index < -0.39 is 5.97 Å². The molecule has 0 radical (unpaired) electrons. The van der Waals surface area contributed by atoms with Crippen LogP contribution in [0.4, 0.5) is 0 Å². The highest BCUT2D eigenvalue weighted by atomic mass is 16.5. The number of carboxylic acids is 1. The van der Waals surface area contributed by atoms with Crippen LogP contribution >= 0.6 is 0 Å². The fourth-order valence-electron chi connectivity index (χ4n) is 4.69. The third-order valence-corrected chi connectivity index (χ3v) is 6.73. The fraction of sp³-hybridized carbons (Fsp3) is 0.212. The number of methoxy groups -OCH3 is 3. The van der Waals surface area contributed by atoms with Crippen LogP contribution < -0.4 is 14.2 Å². The van der Waals surface area contributed by atoms with E-state index in [1.807, 2.05) is 53.4 Å². The maximum atomic E-state index is 13.8. The molecule has 0 unspecified atom stereocenters. The van der Waals surface area contributed by atoms with Crippen LogP contribution in [-0.4, -0.2) is 49.8 Å². The molecule has 0 saturated heterocycles. The molecule has 0 aliphatic rings. The number of carboxylic acid groups (broad SMARTS) is 1. The normalized spacial score (nSPS) is 10.6. The molecule has 1 amide bonds. The lowest BCUT2D eigenvalue weighted by molar-refractivity contribution is 0.0696. The summed E-state index contributed by atoms with van der Waals surface area (Å²) in [5, 5.41) is 9.57. The number of aromatic carboxylic acids is 1. The van der Waals surface area contributed by atoms with Gasteiger partial charge in [0, 0.05) is 18.7 Å². The van der Waals surface area contributed by atoms with Crippen molar-refractivity contribution in [1.82, 2.24) is 4.90 Å². The highest BCUT2D eigenvalue weighted by Gasteiger charge is 2.22. The molecular formula is C33H33NO6. The van der Waals surface area contributed by atoms with Gasteiger partial charge in [-0.1, -0.05) is 72.8 Å². The van der Waals surface area contributed by atoms with Gasteiger partial charge in [-0.3, -0.25) is 4.79 Å². The molecule has 0 fully saturated rings. The summed E-state index contributed by atoms with van der Waals surface area (Å²) in [6, 6.07) is 28.1. The number of aryl methyl sites for hydroxylation is 1. The molecule has 7 heteroatoms. The van der Waals surface area contributed by atoms with Gasteiger partial charge in [0.05, 0.1) is 26.9 Å². The van der Waals surface area contributed by atoms with E-state index in [1.54, 1.807) is 30.3 Å². The Labute approximate surface area is 234 Å². The van der Waals surface area contributed by atoms with Crippen molar-refractivity contribution in [1.29, 1.82) is 0 Å². The average molecular weight is 540 g/mol. The van der Waals surface area contributed by atoms with Gasteiger partial charge in [-0.25, -0.2) is 4.79 Å². The highest BCUT2D eigenvalue weighted by molar-refractivity contribution is 5.96. The summed E-state index contributed by atoms with van der Waals surface area (Å²) in [5.41, 5.74) is 4.26. The molecule has 0 saturated carbocycles. The predicted octanol–water partition coefficient (Wildman–Crippen LogP) is 6.35. The summed E-state index contributed by atoms with van der Waals surface area (Å²) in [6.45, 7) is 0.916. The number of nitrogens with zero attached hydrogens (tertiary/aromatic N) is 1. The second-order valence-corrected chi connectivity index (χ2v) is 9.28.